The van der Waals surface area contributed by atoms with Crippen LogP contribution in [0.3, 0.4) is 0 Å². The van der Waals surface area contributed by atoms with E-state index in [0.29, 0.717) is 44.2 Å². The van der Waals surface area contributed by atoms with E-state index in [-0.39, 0.29) is 78.6 Å². The fourth-order valence-electron chi connectivity index (χ4n) is 16.7. The number of carbonyl (C=O) groups excluding carboxylic acids is 1. The minimum atomic E-state index is -0.873. The molecule has 120 heavy (non-hydrogen) atoms. The predicted octanol–water partition coefficient (Wildman–Crippen LogP) is 15.8. The second kappa shape index (κ2) is 50.2. The van der Waals surface area contributed by atoms with E-state index in [4.69, 9.17) is 47.5 Å². The molecule has 8 aromatic carbocycles. The van der Waals surface area contributed by atoms with E-state index < -0.39 is 35.8 Å². The van der Waals surface area contributed by atoms with Gasteiger partial charge in [0.2, 0.25) is 0 Å². The Balaban J connectivity index is 0.000000209. The average Bonchev–Trinajstić information content (AvgIpc) is 1.63. The van der Waals surface area contributed by atoms with E-state index in [1.54, 1.807) is 49.8 Å². The van der Waals surface area contributed by atoms with Crippen LogP contribution in [0.1, 0.15) is 125 Å². The van der Waals surface area contributed by atoms with Gasteiger partial charge in [0.1, 0.15) is 40.2 Å². The normalized spacial score (nSPS) is 21.4. The Bertz CT molecular complexity index is 4020. The summed E-state index contributed by atoms with van der Waals surface area (Å²) in [6.45, 7) is 14.9. The molecule has 24 nitrogen and oxygen atoms in total. The molecule has 0 bridgehead atoms. The minimum absolute atomic E-state index is 0.0540. The fraction of sp³-hybridized carbons (Fsp3) is 0.448. The van der Waals surface area contributed by atoms with Crippen molar-refractivity contribution in [1.82, 2.24) is 24.7 Å². The molecule has 12 atom stereocenters. The predicted molar refractivity (Wildman–Crippen MR) is 466 cm³/mol. The molecule has 8 aromatic rings. The standard InChI is InChI=1S/C30H40N2O7.3C15H21NO3.3C7H8O/c1-4-14-32(39-15-5-2)28(33)20-31-19-23(21-10-11-25-22(18-21)12-16-37-25)29(30(34)35)24(31)13-17-38-27-9-7-6-8-26(27)36-3;3*1-4-13-14(15(17)18)12(9-16(13)2)10-5-7-11(19-3)8-6-10;3*1-8-7-5-3-2-4-6-7/h6-11,18,23-24,29H,4-5,12-17,19-20H2,1-3H3,(H,34,35);3*5-8,12-14H,4,9H2,1-3H3,(H,17,18);3*2-6H,1H3/t23-,24+,29-;3*12-,13+,14-;;;/m1111.../s1. The Morgan fingerprint density at radius 2 is 0.733 bits per heavy atom. The maximum atomic E-state index is 13.3. The van der Waals surface area contributed by atoms with Crippen LogP contribution in [-0.4, -0.2) is 229 Å². The first-order valence-electron chi connectivity index (χ1n) is 41.4. The Labute approximate surface area is 709 Å². The number of para-hydroxylation sites is 5. The van der Waals surface area contributed by atoms with Crippen molar-refractivity contribution in [1.29, 1.82) is 0 Å². The third-order valence-corrected chi connectivity index (χ3v) is 22.8. The summed E-state index contributed by atoms with van der Waals surface area (Å²) in [5.74, 6) is 2.29. The van der Waals surface area contributed by atoms with Gasteiger partial charge in [-0.25, -0.2) is 5.06 Å². The average molecular weight is 1660 g/mol. The third kappa shape index (κ3) is 27.3. The number of benzene rings is 8. The third-order valence-electron chi connectivity index (χ3n) is 22.8. The maximum Gasteiger partial charge on any atom is 0.308 e. The number of hydrogen-bond donors (Lipinski definition) is 4. The van der Waals surface area contributed by atoms with Gasteiger partial charge in [-0.05, 0) is 178 Å². The second-order valence-electron chi connectivity index (χ2n) is 30.1. The van der Waals surface area contributed by atoms with Crippen molar-refractivity contribution in [3.05, 3.63) is 234 Å². The van der Waals surface area contributed by atoms with E-state index in [1.807, 2.05) is 261 Å². The lowest BCUT2D eigenvalue weighted by Crippen LogP contribution is -2.45. The molecule has 0 spiro atoms. The highest BCUT2D eigenvalue weighted by atomic mass is 16.7. The maximum absolute atomic E-state index is 13.3. The molecule has 5 aliphatic heterocycles. The summed E-state index contributed by atoms with van der Waals surface area (Å²) in [7, 11) is 17.5. The Hall–Kier alpha value is -10.9. The molecule has 0 unspecified atom stereocenters. The summed E-state index contributed by atoms with van der Waals surface area (Å²) in [6.07, 6.45) is 5.40. The first-order chi connectivity index (χ1) is 58.0. The van der Waals surface area contributed by atoms with Crippen molar-refractivity contribution < 1.29 is 91.9 Å². The highest BCUT2D eigenvalue weighted by molar-refractivity contribution is 5.79. The summed E-state index contributed by atoms with van der Waals surface area (Å²) < 4.78 is 47.3. The number of carbonyl (C=O) groups is 5. The van der Waals surface area contributed by atoms with Crippen molar-refractivity contribution in [3.8, 4) is 51.7 Å². The number of likely N-dealkylation sites (tertiary alicyclic amines) is 4. The topological polar surface area (TPSA) is 275 Å². The zero-order chi connectivity index (χ0) is 87.2. The largest absolute Gasteiger partial charge is 0.497 e. The summed E-state index contributed by atoms with van der Waals surface area (Å²) >= 11 is 0. The number of aliphatic carboxylic acids is 4. The van der Waals surface area contributed by atoms with Crippen molar-refractivity contribution in [2.24, 2.45) is 23.7 Å². The molecule has 4 saturated heterocycles. The minimum Gasteiger partial charge on any atom is -0.497 e. The van der Waals surface area contributed by atoms with E-state index in [1.165, 1.54) is 5.06 Å². The van der Waals surface area contributed by atoms with E-state index in [2.05, 4.69) is 20.8 Å². The highest BCUT2D eigenvalue weighted by Crippen LogP contribution is 2.44. The van der Waals surface area contributed by atoms with E-state index in [9.17, 15) is 44.4 Å². The van der Waals surface area contributed by atoms with Gasteiger partial charge in [-0.2, -0.15) is 0 Å². The van der Waals surface area contributed by atoms with Gasteiger partial charge in [0.25, 0.3) is 5.91 Å². The molecule has 5 aliphatic rings. The zero-order valence-corrected chi connectivity index (χ0v) is 72.5. The highest BCUT2D eigenvalue weighted by Gasteiger charge is 2.49. The molecule has 4 fully saturated rings. The van der Waals surface area contributed by atoms with Crippen LogP contribution in [0, 0.1) is 23.7 Å². The molecule has 13 rings (SSSR count). The zero-order valence-electron chi connectivity index (χ0n) is 72.5. The molecule has 1 amide bonds. The van der Waals surface area contributed by atoms with Crippen LogP contribution in [0.4, 0.5) is 0 Å². The van der Waals surface area contributed by atoms with E-state index >= 15 is 0 Å². The van der Waals surface area contributed by atoms with Crippen molar-refractivity contribution in [2.45, 2.75) is 127 Å². The van der Waals surface area contributed by atoms with Crippen molar-refractivity contribution >= 4 is 29.8 Å². The van der Waals surface area contributed by atoms with Crippen LogP contribution in [0.5, 0.6) is 51.7 Å². The lowest BCUT2D eigenvalue weighted by atomic mass is 9.83. The molecule has 4 N–H and O–H groups in total. The number of fused-ring (bicyclic) bond motifs is 1. The molecule has 24 heteroatoms. The number of hydrogen-bond acceptors (Lipinski definition) is 19. The Kier molecular flexibility index (Phi) is 40.3. The summed E-state index contributed by atoms with van der Waals surface area (Å²) in [5, 5.41) is 40.4. The molecule has 650 valence electrons. The van der Waals surface area contributed by atoms with E-state index in [0.717, 1.165) is 126 Å². The number of methoxy groups -OCH3 is 7. The van der Waals surface area contributed by atoms with Crippen LogP contribution in [0.2, 0.25) is 0 Å². The van der Waals surface area contributed by atoms with Gasteiger partial charge >= 0.3 is 23.9 Å². The van der Waals surface area contributed by atoms with Crippen LogP contribution < -0.4 is 42.6 Å². The Morgan fingerprint density at radius 1 is 0.392 bits per heavy atom. The molecule has 0 saturated carbocycles. The monoisotopic (exact) mass is 1650 g/mol. The molecular weight excluding hydrogens is 1530 g/mol. The number of hydroxylamine groups is 2. The first kappa shape index (κ1) is 96.2. The smallest absolute Gasteiger partial charge is 0.308 e. The first-order valence-corrected chi connectivity index (χ1v) is 41.4. The second-order valence-corrected chi connectivity index (χ2v) is 30.1. The molecular formula is C96H127N5O19. The summed E-state index contributed by atoms with van der Waals surface area (Å²) in [4.78, 5) is 75.0. The fourth-order valence-corrected chi connectivity index (χ4v) is 16.7. The number of carboxylic acids is 4. The van der Waals surface area contributed by atoms with Gasteiger partial charge in [-0.15, -0.1) is 0 Å². The van der Waals surface area contributed by atoms with Crippen molar-refractivity contribution in [3.63, 3.8) is 0 Å². The molecule has 0 radical (unpaired) electrons. The SMILES string of the molecule is CCCON(CCC)C(=O)CN1C[C@H](c2ccc3c(c2)CCO3)[C@@H](C(=O)O)[C@@H]1CCOc1ccccc1OC.CC[C@H]1[C@H](C(=O)O)[C@@H](c2ccc(OC)cc2)CN1C.CC[C@H]1[C@H](C(=O)O)[C@@H](c2ccc(OC)cc2)CN1C.CC[C@H]1[C@H](C(=O)O)[C@@H](c2ccc(OC)cc2)CN1C.COc1ccccc1.COc1ccccc1.COc1ccccc1. The van der Waals surface area contributed by atoms with Gasteiger partial charge in [0.15, 0.2) is 11.5 Å². The summed E-state index contributed by atoms with van der Waals surface area (Å²) in [6, 6.07) is 65.6. The number of likely N-dealkylation sites (N-methyl/N-ethyl adjacent to an activating group) is 3. The van der Waals surface area contributed by atoms with Gasteiger partial charge in [0.05, 0.1) is 99.8 Å². The number of ether oxygens (including phenoxy) is 9. The van der Waals surface area contributed by atoms with Gasteiger partial charge < -0.3 is 77.8 Å². The van der Waals surface area contributed by atoms with Gasteiger partial charge in [-0.1, -0.05) is 150 Å². The lowest BCUT2D eigenvalue weighted by molar-refractivity contribution is -0.188. The van der Waals surface area contributed by atoms with Crippen LogP contribution in [0.25, 0.3) is 0 Å². The lowest BCUT2D eigenvalue weighted by Gasteiger charge is -2.29. The number of nitrogens with zero attached hydrogens (tertiary/aromatic N) is 5. The quantitative estimate of drug-likeness (QED) is 0.0317. The van der Waals surface area contributed by atoms with Crippen LogP contribution in [-0.2, 0) is 35.2 Å². The molecule has 5 heterocycles. The van der Waals surface area contributed by atoms with Crippen molar-refractivity contribution in [2.75, 3.05) is 130 Å². The van der Waals surface area contributed by atoms with Crippen LogP contribution in [0.15, 0.2) is 206 Å². The molecule has 0 aliphatic carbocycles. The number of amides is 1. The van der Waals surface area contributed by atoms with Crippen LogP contribution >= 0.6 is 0 Å². The van der Waals surface area contributed by atoms with Gasteiger partial charge in [-0.3, -0.25) is 33.7 Å². The molecule has 0 aromatic heterocycles. The van der Waals surface area contributed by atoms with Gasteiger partial charge in [0, 0.05) is 87.0 Å². The summed E-state index contributed by atoms with van der Waals surface area (Å²) in [5.41, 5.74) is 5.30. The Morgan fingerprint density at radius 3 is 1.07 bits per heavy atom. The number of rotatable bonds is 29. The number of carboxylic acid groups (broad SMARTS) is 4.